The molecule has 0 aliphatic heterocycles. The Hall–Kier alpha value is -2.64. The summed E-state index contributed by atoms with van der Waals surface area (Å²) in [5, 5.41) is 23.8. The van der Waals surface area contributed by atoms with Gasteiger partial charge in [0.15, 0.2) is 11.5 Å². The Kier molecular flexibility index (Phi) is 5.95. The lowest BCUT2D eigenvalue weighted by molar-refractivity contribution is 0.0954. The zero-order valence-electron chi connectivity index (χ0n) is 13.2. The Balaban J connectivity index is 2.21. The number of nitrogens with one attached hydrogen (secondary N) is 1. The summed E-state index contributed by atoms with van der Waals surface area (Å²) in [5.74, 6) is -0.831. The fourth-order valence-electron chi connectivity index (χ4n) is 1.94. The van der Waals surface area contributed by atoms with Crippen LogP contribution in [0.2, 0.25) is 10.0 Å². The molecule has 1 amide bonds. The lowest BCUT2D eigenvalue weighted by Gasteiger charge is -2.10. The highest BCUT2D eigenvalue weighted by Gasteiger charge is 2.15. The molecule has 25 heavy (non-hydrogen) atoms. The first-order chi connectivity index (χ1) is 11.9. The van der Waals surface area contributed by atoms with Crippen molar-refractivity contribution in [2.24, 2.45) is 5.10 Å². The summed E-state index contributed by atoms with van der Waals surface area (Å²) in [4.78, 5) is 12.2. The van der Waals surface area contributed by atoms with E-state index in [0.717, 1.165) is 0 Å². The van der Waals surface area contributed by atoms with E-state index < -0.39 is 5.91 Å². The average molecular weight is 385 g/mol. The van der Waals surface area contributed by atoms with Crippen LogP contribution in [-0.2, 0) is 0 Å². The monoisotopic (exact) mass is 384 g/mol. The van der Waals surface area contributed by atoms with E-state index in [1.807, 2.05) is 0 Å². The van der Waals surface area contributed by atoms with Gasteiger partial charge in [-0.15, -0.1) is 0 Å². The molecule has 0 fully saturated rings. The number of methoxy groups -OCH3 is 2. The number of halogens is 2. The van der Waals surface area contributed by atoms with Crippen LogP contribution in [0, 0.1) is 0 Å². The molecular formula is C16H14Cl2N2O5. The number of rotatable bonds is 5. The summed E-state index contributed by atoms with van der Waals surface area (Å²) in [6.45, 7) is 0. The van der Waals surface area contributed by atoms with Crippen molar-refractivity contribution in [1.29, 1.82) is 0 Å². The molecule has 2 aromatic rings. The minimum absolute atomic E-state index is 0.0758. The lowest BCUT2D eigenvalue weighted by Crippen LogP contribution is -2.17. The third kappa shape index (κ3) is 4.26. The first-order valence-electron chi connectivity index (χ1n) is 6.83. The Labute approximate surface area is 153 Å². The van der Waals surface area contributed by atoms with Crippen LogP contribution in [0.4, 0.5) is 0 Å². The van der Waals surface area contributed by atoms with E-state index in [-0.39, 0.29) is 44.2 Å². The van der Waals surface area contributed by atoms with Crippen LogP contribution in [0.5, 0.6) is 23.0 Å². The third-order valence-electron chi connectivity index (χ3n) is 3.17. The van der Waals surface area contributed by atoms with Crippen LogP contribution < -0.4 is 14.9 Å². The third-order valence-corrected chi connectivity index (χ3v) is 3.71. The van der Waals surface area contributed by atoms with Crippen molar-refractivity contribution in [3.05, 3.63) is 45.4 Å². The van der Waals surface area contributed by atoms with Crippen molar-refractivity contribution in [3.63, 3.8) is 0 Å². The Morgan fingerprint density at radius 1 is 1.12 bits per heavy atom. The number of phenolic OH excluding ortho intramolecular Hbond substituents is 2. The zero-order valence-corrected chi connectivity index (χ0v) is 14.7. The molecule has 0 unspecified atom stereocenters. The summed E-state index contributed by atoms with van der Waals surface area (Å²) in [6.07, 6.45) is 1.18. The van der Waals surface area contributed by atoms with E-state index in [9.17, 15) is 15.0 Å². The largest absolute Gasteiger partial charge is 0.507 e. The van der Waals surface area contributed by atoms with E-state index in [1.165, 1.54) is 44.7 Å². The smallest absolute Gasteiger partial charge is 0.271 e. The van der Waals surface area contributed by atoms with Gasteiger partial charge in [-0.3, -0.25) is 4.79 Å². The first kappa shape index (κ1) is 18.7. The lowest BCUT2D eigenvalue weighted by atomic mass is 10.1. The molecule has 9 heteroatoms. The standard InChI is InChI=1S/C16H14Cl2N2O5/c1-24-13-3-8(4-14(25-2)15(13)22)16(23)20-19-7-10-11(18)5-9(17)6-12(10)21/h3-7,21-22H,1-2H3,(H,20,23)/b19-7+. The molecule has 0 heterocycles. The molecule has 0 aromatic heterocycles. The Morgan fingerprint density at radius 2 is 1.72 bits per heavy atom. The van der Waals surface area contributed by atoms with Gasteiger partial charge in [0.05, 0.1) is 31.0 Å². The van der Waals surface area contributed by atoms with Gasteiger partial charge in [0.25, 0.3) is 5.91 Å². The SMILES string of the molecule is COc1cc(C(=O)N/N=C/c2c(O)cc(Cl)cc2Cl)cc(OC)c1O. The molecule has 0 spiro atoms. The van der Waals surface area contributed by atoms with Crippen LogP contribution in [-0.4, -0.2) is 36.6 Å². The number of hydrazone groups is 1. The second-order valence-corrected chi connectivity index (χ2v) is 5.59. The van der Waals surface area contributed by atoms with E-state index in [4.69, 9.17) is 32.7 Å². The number of hydrogen-bond donors (Lipinski definition) is 3. The highest BCUT2D eigenvalue weighted by Crippen LogP contribution is 2.37. The Bertz CT molecular complexity index is 791. The van der Waals surface area contributed by atoms with Crippen LogP contribution >= 0.6 is 23.2 Å². The van der Waals surface area contributed by atoms with Crippen molar-refractivity contribution >= 4 is 35.3 Å². The molecule has 2 rings (SSSR count). The van der Waals surface area contributed by atoms with Crippen molar-refractivity contribution in [1.82, 2.24) is 5.43 Å². The molecule has 0 radical (unpaired) electrons. The number of carbonyl (C=O) groups is 1. The van der Waals surface area contributed by atoms with Gasteiger partial charge in [-0.1, -0.05) is 23.2 Å². The molecule has 0 bridgehead atoms. The van der Waals surface area contributed by atoms with Crippen LogP contribution in [0.3, 0.4) is 0 Å². The van der Waals surface area contributed by atoms with Crippen LogP contribution in [0.25, 0.3) is 0 Å². The second kappa shape index (κ2) is 7.96. The van der Waals surface area contributed by atoms with Gasteiger partial charge in [-0.05, 0) is 24.3 Å². The number of phenols is 2. The van der Waals surface area contributed by atoms with Gasteiger partial charge in [0.2, 0.25) is 5.75 Å². The van der Waals surface area contributed by atoms with Crippen molar-refractivity contribution in [2.45, 2.75) is 0 Å². The number of ether oxygens (including phenoxy) is 2. The normalized spacial score (nSPS) is 10.7. The predicted molar refractivity (Wildman–Crippen MR) is 94.4 cm³/mol. The molecule has 0 aliphatic carbocycles. The fourth-order valence-corrected chi connectivity index (χ4v) is 2.48. The maximum Gasteiger partial charge on any atom is 0.271 e. The topological polar surface area (TPSA) is 100 Å². The minimum Gasteiger partial charge on any atom is -0.507 e. The van der Waals surface area contributed by atoms with E-state index >= 15 is 0 Å². The summed E-state index contributed by atoms with van der Waals surface area (Å²) < 4.78 is 9.97. The summed E-state index contributed by atoms with van der Waals surface area (Å²) in [7, 11) is 2.69. The van der Waals surface area contributed by atoms with Gasteiger partial charge in [-0.25, -0.2) is 5.43 Å². The fraction of sp³-hybridized carbons (Fsp3) is 0.125. The summed E-state index contributed by atoms with van der Waals surface area (Å²) in [5.41, 5.74) is 2.62. The van der Waals surface area contributed by atoms with E-state index in [2.05, 4.69) is 10.5 Å². The summed E-state index contributed by atoms with van der Waals surface area (Å²) in [6, 6.07) is 5.39. The van der Waals surface area contributed by atoms with Crippen LogP contribution in [0.1, 0.15) is 15.9 Å². The molecule has 2 aromatic carbocycles. The molecule has 132 valence electrons. The van der Waals surface area contributed by atoms with Crippen LogP contribution in [0.15, 0.2) is 29.4 Å². The average Bonchev–Trinajstić information content (AvgIpc) is 2.57. The first-order valence-corrected chi connectivity index (χ1v) is 7.59. The Morgan fingerprint density at radius 3 is 2.24 bits per heavy atom. The highest BCUT2D eigenvalue weighted by molar-refractivity contribution is 6.36. The molecule has 0 aliphatic rings. The van der Waals surface area contributed by atoms with Gasteiger partial charge in [-0.2, -0.15) is 5.10 Å². The van der Waals surface area contributed by atoms with Gasteiger partial charge < -0.3 is 19.7 Å². The minimum atomic E-state index is -0.586. The van der Waals surface area contributed by atoms with E-state index in [0.29, 0.717) is 0 Å². The van der Waals surface area contributed by atoms with Gasteiger partial charge >= 0.3 is 0 Å². The number of amides is 1. The molecule has 0 saturated heterocycles. The number of hydrogen-bond acceptors (Lipinski definition) is 6. The number of benzene rings is 2. The number of nitrogens with zero attached hydrogens (tertiary/aromatic N) is 1. The summed E-state index contributed by atoms with van der Waals surface area (Å²) >= 11 is 11.7. The van der Waals surface area contributed by atoms with Crippen molar-refractivity contribution in [3.8, 4) is 23.0 Å². The van der Waals surface area contributed by atoms with Crippen molar-refractivity contribution in [2.75, 3.05) is 14.2 Å². The molecule has 3 N–H and O–H groups in total. The predicted octanol–water partition coefficient (Wildman–Crippen LogP) is 3.19. The molecule has 7 nitrogen and oxygen atoms in total. The molecule has 0 saturated carbocycles. The highest BCUT2D eigenvalue weighted by atomic mass is 35.5. The molecular weight excluding hydrogens is 371 g/mol. The molecule has 0 atom stereocenters. The maximum atomic E-state index is 12.2. The quantitative estimate of drug-likeness (QED) is 0.542. The number of carbonyl (C=O) groups excluding carboxylic acids is 1. The maximum absolute atomic E-state index is 12.2. The van der Waals surface area contributed by atoms with Gasteiger partial charge in [0.1, 0.15) is 5.75 Å². The van der Waals surface area contributed by atoms with E-state index in [1.54, 1.807) is 0 Å². The second-order valence-electron chi connectivity index (χ2n) is 4.75. The number of aromatic hydroxyl groups is 2. The van der Waals surface area contributed by atoms with Gasteiger partial charge in [0, 0.05) is 10.6 Å². The zero-order chi connectivity index (χ0) is 18.6. The van der Waals surface area contributed by atoms with Crippen molar-refractivity contribution < 1.29 is 24.5 Å².